The first-order valence-electron chi connectivity index (χ1n) is 6.46. The molecule has 1 atom stereocenters. The Labute approximate surface area is 108 Å². The quantitative estimate of drug-likeness (QED) is 0.853. The van der Waals surface area contributed by atoms with Crippen molar-refractivity contribution in [3.8, 4) is 5.75 Å². The maximum Gasteiger partial charge on any atom is 0.191 e. The summed E-state index contributed by atoms with van der Waals surface area (Å²) in [5.41, 5.74) is 2.37. The Balaban J connectivity index is 2.00. The van der Waals surface area contributed by atoms with Crippen molar-refractivity contribution in [2.24, 2.45) is 4.99 Å². The molecule has 2 rings (SSSR count). The second kappa shape index (κ2) is 5.76. The van der Waals surface area contributed by atoms with E-state index in [-0.39, 0.29) is 0 Å². The number of aliphatic imine (C=N–C) groups is 1. The van der Waals surface area contributed by atoms with E-state index in [2.05, 4.69) is 47.7 Å². The molecule has 2 N–H and O–H groups in total. The van der Waals surface area contributed by atoms with E-state index in [1.54, 1.807) is 0 Å². The third kappa shape index (κ3) is 3.15. The predicted octanol–water partition coefficient (Wildman–Crippen LogP) is 1.83. The molecule has 1 aromatic rings. The second-order valence-electron chi connectivity index (χ2n) is 4.63. The van der Waals surface area contributed by atoms with Crippen LogP contribution in [0.15, 0.2) is 23.2 Å². The van der Waals surface area contributed by atoms with Gasteiger partial charge in [0.1, 0.15) is 5.75 Å². The van der Waals surface area contributed by atoms with Crippen molar-refractivity contribution in [2.45, 2.75) is 33.4 Å². The molecular formula is C14H21N3O. The van der Waals surface area contributed by atoms with Crippen molar-refractivity contribution in [1.29, 1.82) is 0 Å². The molecule has 0 saturated carbocycles. The zero-order valence-corrected chi connectivity index (χ0v) is 11.3. The molecule has 98 valence electrons. The first-order chi connectivity index (χ1) is 8.69. The Morgan fingerprint density at radius 1 is 1.50 bits per heavy atom. The number of aryl methyl sites for hydroxylation is 1. The maximum atomic E-state index is 5.65. The highest BCUT2D eigenvalue weighted by Crippen LogP contribution is 2.20. The summed E-state index contributed by atoms with van der Waals surface area (Å²) in [4.78, 5) is 4.38. The summed E-state index contributed by atoms with van der Waals surface area (Å²) in [5.74, 6) is 1.84. The molecule has 1 aromatic carbocycles. The van der Waals surface area contributed by atoms with Crippen LogP contribution in [0.4, 0.5) is 0 Å². The third-order valence-corrected chi connectivity index (χ3v) is 2.88. The monoisotopic (exact) mass is 247 g/mol. The molecule has 0 aliphatic carbocycles. The highest BCUT2D eigenvalue weighted by atomic mass is 16.5. The molecule has 1 heterocycles. The van der Waals surface area contributed by atoms with Crippen LogP contribution in [0.5, 0.6) is 5.75 Å². The SMILES string of the molecule is CCOc1cc(C)ccc1CNC1=NCC(C)N1. The lowest BCUT2D eigenvalue weighted by Crippen LogP contribution is -2.37. The number of hydrogen-bond donors (Lipinski definition) is 2. The van der Waals surface area contributed by atoms with Gasteiger partial charge in [0.25, 0.3) is 0 Å². The minimum Gasteiger partial charge on any atom is -0.494 e. The van der Waals surface area contributed by atoms with Crippen molar-refractivity contribution >= 4 is 5.96 Å². The Hall–Kier alpha value is -1.71. The van der Waals surface area contributed by atoms with Crippen LogP contribution < -0.4 is 15.4 Å². The molecule has 4 heteroatoms. The Morgan fingerprint density at radius 3 is 3.00 bits per heavy atom. The summed E-state index contributed by atoms with van der Waals surface area (Å²) >= 11 is 0. The lowest BCUT2D eigenvalue weighted by molar-refractivity contribution is 0.336. The minimum absolute atomic E-state index is 0.428. The van der Waals surface area contributed by atoms with Crippen LogP contribution in [0.1, 0.15) is 25.0 Å². The standard InChI is InChI=1S/C14H21N3O/c1-4-18-13-7-10(2)5-6-12(13)9-16-14-15-8-11(3)17-14/h5-7,11H,4,8-9H2,1-3H3,(H2,15,16,17). The first kappa shape index (κ1) is 12.7. The van der Waals surface area contributed by atoms with Crippen LogP contribution in [0.2, 0.25) is 0 Å². The summed E-state index contributed by atoms with van der Waals surface area (Å²) in [6.07, 6.45) is 0. The smallest absolute Gasteiger partial charge is 0.191 e. The van der Waals surface area contributed by atoms with E-state index >= 15 is 0 Å². The predicted molar refractivity (Wildman–Crippen MR) is 74.1 cm³/mol. The van der Waals surface area contributed by atoms with Gasteiger partial charge in [-0.2, -0.15) is 0 Å². The number of guanidine groups is 1. The average Bonchev–Trinajstić information content (AvgIpc) is 2.75. The van der Waals surface area contributed by atoms with E-state index in [1.807, 2.05) is 6.92 Å². The molecule has 0 fully saturated rings. The molecule has 4 nitrogen and oxygen atoms in total. The highest BCUT2D eigenvalue weighted by molar-refractivity contribution is 5.81. The summed E-state index contributed by atoms with van der Waals surface area (Å²) < 4.78 is 5.65. The van der Waals surface area contributed by atoms with Crippen molar-refractivity contribution in [3.63, 3.8) is 0 Å². The molecule has 0 saturated heterocycles. The van der Waals surface area contributed by atoms with E-state index in [0.717, 1.165) is 30.4 Å². The highest BCUT2D eigenvalue weighted by Gasteiger charge is 2.12. The molecule has 0 radical (unpaired) electrons. The maximum absolute atomic E-state index is 5.65. The fraction of sp³-hybridized carbons (Fsp3) is 0.500. The first-order valence-corrected chi connectivity index (χ1v) is 6.46. The van der Waals surface area contributed by atoms with E-state index in [0.29, 0.717) is 12.6 Å². The van der Waals surface area contributed by atoms with Gasteiger partial charge in [-0.25, -0.2) is 0 Å². The number of nitrogens with one attached hydrogen (secondary N) is 2. The van der Waals surface area contributed by atoms with Gasteiger partial charge in [-0.3, -0.25) is 4.99 Å². The number of benzene rings is 1. The molecule has 0 bridgehead atoms. The molecule has 0 amide bonds. The van der Waals surface area contributed by atoms with Gasteiger partial charge >= 0.3 is 0 Å². The van der Waals surface area contributed by atoms with Crippen LogP contribution in [-0.4, -0.2) is 25.2 Å². The summed E-state index contributed by atoms with van der Waals surface area (Å²) in [6.45, 7) is 8.46. The van der Waals surface area contributed by atoms with E-state index in [1.165, 1.54) is 5.56 Å². The summed E-state index contributed by atoms with van der Waals surface area (Å²) in [5, 5.41) is 6.59. The van der Waals surface area contributed by atoms with Gasteiger partial charge in [0, 0.05) is 18.2 Å². The second-order valence-corrected chi connectivity index (χ2v) is 4.63. The van der Waals surface area contributed by atoms with E-state index in [4.69, 9.17) is 4.74 Å². The lowest BCUT2D eigenvalue weighted by Gasteiger charge is -2.13. The van der Waals surface area contributed by atoms with E-state index in [9.17, 15) is 0 Å². The third-order valence-electron chi connectivity index (χ3n) is 2.88. The Kier molecular flexibility index (Phi) is 4.07. The zero-order valence-electron chi connectivity index (χ0n) is 11.3. The Bertz CT molecular complexity index is 443. The molecule has 1 aliphatic rings. The van der Waals surface area contributed by atoms with Crippen LogP contribution in [0, 0.1) is 6.92 Å². The van der Waals surface area contributed by atoms with Crippen LogP contribution in [-0.2, 0) is 6.54 Å². The number of rotatable bonds is 4. The van der Waals surface area contributed by atoms with Gasteiger partial charge in [0.15, 0.2) is 5.96 Å². The summed E-state index contributed by atoms with van der Waals surface area (Å²) in [7, 11) is 0. The average molecular weight is 247 g/mol. The summed E-state index contributed by atoms with van der Waals surface area (Å²) in [6, 6.07) is 6.71. The molecule has 18 heavy (non-hydrogen) atoms. The number of nitrogens with zero attached hydrogens (tertiary/aromatic N) is 1. The normalized spacial score (nSPS) is 18.2. The molecular weight excluding hydrogens is 226 g/mol. The van der Waals surface area contributed by atoms with Gasteiger partial charge < -0.3 is 15.4 Å². The largest absolute Gasteiger partial charge is 0.494 e. The zero-order chi connectivity index (χ0) is 13.0. The van der Waals surface area contributed by atoms with Crippen LogP contribution >= 0.6 is 0 Å². The fourth-order valence-corrected chi connectivity index (χ4v) is 1.94. The van der Waals surface area contributed by atoms with Gasteiger partial charge in [0.05, 0.1) is 13.2 Å². The Morgan fingerprint density at radius 2 is 2.33 bits per heavy atom. The molecule has 0 spiro atoms. The topological polar surface area (TPSA) is 45.6 Å². The minimum atomic E-state index is 0.428. The number of ether oxygens (including phenoxy) is 1. The van der Waals surface area contributed by atoms with E-state index < -0.39 is 0 Å². The fourth-order valence-electron chi connectivity index (χ4n) is 1.94. The molecule has 0 aromatic heterocycles. The van der Waals surface area contributed by atoms with Crippen LogP contribution in [0.25, 0.3) is 0 Å². The van der Waals surface area contributed by atoms with Gasteiger partial charge in [-0.05, 0) is 32.4 Å². The van der Waals surface area contributed by atoms with Gasteiger partial charge in [-0.1, -0.05) is 12.1 Å². The van der Waals surface area contributed by atoms with Gasteiger partial charge in [-0.15, -0.1) is 0 Å². The van der Waals surface area contributed by atoms with Crippen molar-refractivity contribution in [3.05, 3.63) is 29.3 Å². The molecule has 1 unspecified atom stereocenters. The van der Waals surface area contributed by atoms with Crippen molar-refractivity contribution in [1.82, 2.24) is 10.6 Å². The molecule has 1 aliphatic heterocycles. The number of hydrogen-bond acceptors (Lipinski definition) is 4. The van der Waals surface area contributed by atoms with Gasteiger partial charge in [0.2, 0.25) is 0 Å². The lowest BCUT2D eigenvalue weighted by atomic mass is 10.1. The van der Waals surface area contributed by atoms with Crippen LogP contribution in [0.3, 0.4) is 0 Å². The van der Waals surface area contributed by atoms with Crippen molar-refractivity contribution in [2.75, 3.05) is 13.2 Å². The van der Waals surface area contributed by atoms with Crippen molar-refractivity contribution < 1.29 is 4.74 Å².